The van der Waals surface area contributed by atoms with Crippen molar-refractivity contribution in [3.63, 3.8) is 0 Å². The molecule has 0 aliphatic heterocycles. The van der Waals surface area contributed by atoms with E-state index in [9.17, 15) is 8.42 Å². The molecule has 4 nitrogen and oxygen atoms in total. The molecule has 1 fully saturated rings. The molecule has 0 aromatic heterocycles. The molecule has 0 radical (unpaired) electrons. The van der Waals surface area contributed by atoms with Crippen LogP contribution in [0.25, 0.3) is 0 Å². The van der Waals surface area contributed by atoms with E-state index in [0.29, 0.717) is 6.04 Å². The smallest absolute Gasteiger partial charge is 0.238 e. The van der Waals surface area contributed by atoms with E-state index in [0.717, 1.165) is 28.9 Å². The minimum atomic E-state index is -3.64. The van der Waals surface area contributed by atoms with E-state index in [1.54, 1.807) is 12.1 Å². The second-order valence-corrected chi connectivity index (χ2v) is 7.70. The van der Waals surface area contributed by atoms with Gasteiger partial charge in [0.2, 0.25) is 10.0 Å². The maximum absolute atomic E-state index is 11.3. The highest BCUT2D eigenvalue weighted by Crippen LogP contribution is 2.30. The van der Waals surface area contributed by atoms with Gasteiger partial charge in [-0.25, -0.2) is 13.6 Å². The monoisotopic (exact) mass is 346 g/mol. The Morgan fingerprint density at radius 1 is 1.26 bits per heavy atom. The number of anilines is 1. The van der Waals surface area contributed by atoms with Crippen LogP contribution >= 0.6 is 15.9 Å². The van der Waals surface area contributed by atoms with Gasteiger partial charge in [0.1, 0.15) is 0 Å². The van der Waals surface area contributed by atoms with Gasteiger partial charge in [-0.3, -0.25) is 0 Å². The summed E-state index contributed by atoms with van der Waals surface area (Å²) in [7, 11) is -3.64. The third-order valence-electron chi connectivity index (χ3n) is 3.64. The third kappa shape index (κ3) is 3.94. The Morgan fingerprint density at radius 2 is 1.89 bits per heavy atom. The Morgan fingerprint density at radius 3 is 2.42 bits per heavy atom. The van der Waals surface area contributed by atoms with Crippen LogP contribution in [0.5, 0.6) is 0 Å². The number of hydrogen-bond donors (Lipinski definition) is 2. The van der Waals surface area contributed by atoms with Gasteiger partial charge in [-0.1, -0.05) is 6.92 Å². The van der Waals surface area contributed by atoms with Crippen molar-refractivity contribution in [2.75, 3.05) is 5.32 Å². The minimum absolute atomic E-state index is 0.127. The van der Waals surface area contributed by atoms with Crippen LogP contribution in [-0.2, 0) is 10.0 Å². The number of sulfonamides is 1. The van der Waals surface area contributed by atoms with Gasteiger partial charge in [0.15, 0.2) is 0 Å². The standard InChI is InChI=1S/C13H19BrN2O2S/c1-9-2-4-10(5-3-9)16-13-7-6-11(8-12(13)14)19(15,17)18/h6-10,16H,2-5H2,1H3,(H2,15,17,18). The number of primary sulfonamides is 1. The summed E-state index contributed by atoms with van der Waals surface area (Å²) in [5.41, 5.74) is 0.923. The molecule has 0 unspecified atom stereocenters. The van der Waals surface area contributed by atoms with Gasteiger partial charge in [-0.2, -0.15) is 0 Å². The van der Waals surface area contributed by atoms with Crippen LogP contribution in [0.15, 0.2) is 27.6 Å². The fourth-order valence-electron chi connectivity index (χ4n) is 2.41. The van der Waals surface area contributed by atoms with Crippen molar-refractivity contribution in [3.8, 4) is 0 Å². The molecule has 0 saturated heterocycles. The first kappa shape index (κ1) is 14.8. The fourth-order valence-corrected chi connectivity index (χ4v) is 3.60. The molecule has 0 heterocycles. The Kier molecular flexibility index (Phi) is 4.53. The lowest BCUT2D eigenvalue weighted by Gasteiger charge is -2.28. The predicted molar refractivity (Wildman–Crippen MR) is 80.6 cm³/mol. The minimum Gasteiger partial charge on any atom is -0.381 e. The molecule has 1 aromatic rings. The zero-order chi connectivity index (χ0) is 14.0. The van der Waals surface area contributed by atoms with Crippen molar-refractivity contribution >= 4 is 31.6 Å². The largest absolute Gasteiger partial charge is 0.381 e. The van der Waals surface area contributed by atoms with Crippen molar-refractivity contribution in [1.29, 1.82) is 0 Å². The highest BCUT2D eigenvalue weighted by Gasteiger charge is 2.19. The van der Waals surface area contributed by atoms with Crippen LogP contribution in [0, 0.1) is 5.92 Å². The maximum atomic E-state index is 11.3. The number of hydrogen-bond acceptors (Lipinski definition) is 3. The molecule has 0 atom stereocenters. The summed E-state index contributed by atoms with van der Waals surface area (Å²) in [6.07, 6.45) is 4.80. The van der Waals surface area contributed by atoms with Crippen molar-refractivity contribution in [2.24, 2.45) is 11.1 Å². The lowest BCUT2D eigenvalue weighted by atomic mass is 9.87. The molecule has 6 heteroatoms. The average Bonchev–Trinajstić information content (AvgIpc) is 2.33. The molecule has 2 rings (SSSR count). The second-order valence-electron chi connectivity index (χ2n) is 5.29. The van der Waals surface area contributed by atoms with E-state index in [1.807, 2.05) is 0 Å². The molecule has 19 heavy (non-hydrogen) atoms. The van der Waals surface area contributed by atoms with Gasteiger partial charge >= 0.3 is 0 Å². The number of nitrogens with one attached hydrogen (secondary N) is 1. The van der Waals surface area contributed by atoms with Crippen LogP contribution in [0.2, 0.25) is 0 Å². The van der Waals surface area contributed by atoms with Crippen LogP contribution < -0.4 is 10.5 Å². The first-order valence-electron chi connectivity index (χ1n) is 6.45. The number of rotatable bonds is 3. The first-order valence-corrected chi connectivity index (χ1v) is 8.79. The van der Waals surface area contributed by atoms with E-state index < -0.39 is 10.0 Å². The molecule has 0 spiro atoms. The van der Waals surface area contributed by atoms with Crippen molar-refractivity contribution < 1.29 is 8.42 Å². The molecular weight excluding hydrogens is 328 g/mol. The van der Waals surface area contributed by atoms with Gasteiger partial charge in [-0.05, 0) is 65.7 Å². The van der Waals surface area contributed by atoms with Gasteiger partial charge in [0, 0.05) is 16.2 Å². The Balaban J connectivity index is 2.09. The summed E-state index contributed by atoms with van der Waals surface area (Å²) < 4.78 is 23.3. The summed E-state index contributed by atoms with van der Waals surface area (Å²) in [5.74, 6) is 0.811. The summed E-state index contributed by atoms with van der Waals surface area (Å²) in [5, 5.41) is 8.57. The molecule has 0 bridgehead atoms. The molecule has 1 aliphatic rings. The lowest BCUT2D eigenvalue weighted by Crippen LogP contribution is -2.25. The number of benzene rings is 1. The van der Waals surface area contributed by atoms with Crippen LogP contribution in [0.1, 0.15) is 32.6 Å². The summed E-state index contributed by atoms with van der Waals surface area (Å²) in [4.78, 5) is 0.127. The summed E-state index contributed by atoms with van der Waals surface area (Å²) in [6, 6.07) is 5.31. The molecule has 0 amide bonds. The fraction of sp³-hybridized carbons (Fsp3) is 0.538. The van der Waals surface area contributed by atoms with E-state index >= 15 is 0 Å². The van der Waals surface area contributed by atoms with E-state index in [4.69, 9.17) is 5.14 Å². The lowest BCUT2D eigenvalue weighted by molar-refractivity contribution is 0.361. The Labute approximate surface area is 122 Å². The number of halogens is 1. The van der Waals surface area contributed by atoms with E-state index in [1.165, 1.54) is 18.9 Å². The highest BCUT2D eigenvalue weighted by atomic mass is 79.9. The Bertz CT molecular complexity index is 552. The van der Waals surface area contributed by atoms with Gasteiger partial charge in [0.05, 0.1) is 4.90 Å². The second kappa shape index (κ2) is 5.81. The quantitative estimate of drug-likeness (QED) is 0.883. The van der Waals surface area contributed by atoms with E-state index in [-0.39, 0.29) is 4.90 Å². The van der Waals surface area contributed by atoms with Crippen molar-refractivity contribution in [3.05, 3.63) is 22.7 Å². The molecule has 106 valence electrons. The normalized spacial score (nSPS) is 24.2. The SMILES string of the molecule is CC1CCC(Nc2ccc(S(N)(=O)=O)cc2Br)CC1. The van der Waals surface area contributed by atoms with Gasteiger partial charge in [0.25, 0.3) is 0 Å². The van der Waals surface area contributed by atoms with Crippen molar-refractivity contribution in [2.45, 2.75) is 43.5 Å². The molecule has 3 N–H and O–H groups in total. The van der Waals surface area contributed by atoms with Crippen LogP contribution in [0.4, 0.5) is 5.69 Å². The third-order valence-corrected chi connectivity index (χ3v) is 5.21. The average molecular weight is 347 g/mol. The molecule has 1 aliphatic carbocycles. The van der Waals surface area contributed by atoms with Crippen molar-refractivity contribution in [1.82, 2.24) is 0 Å². The topological polar surface area (TPSA) is 72.2 Å². The first-order chi connectivity index (χ1) is 8.86. The van der Waals surface area contributed by atoms with Crippen LogP contribution in [-0.4, -0.2) is 14.5 Å². The molecular formula is C13H19BrN2O2S. The summed E-state index contributed by atoms with van der Waals surface area (Å²) >= 11 is 3.40. The maximum Gasteiger partial charge on any atom is 0.238 e. The molecule has 1 saturated carbocycles. The number of nitrogens with two attached hydrogens (primary N) is 1. The van der Waals surface area contributed by atoms with Gasteiger partial charge < -0.3 is 5.32 Å². The zero-order valence-electron chi connectivity index (χ0n) is 10.9. The Hall–Kier alpha value is -0.590. The van der Waals surface area contributed by atoms with E-state index in [2.05, 4.69) is 28.2 Å². The molecule has 1 aromatic carbocycles. The zero-order valence-corrected chi connectivity index (χ0v) is 13.3. The predicted octanol–water partition coefficient (Wildman–Crippen LogP) is 3.09. The van der Waals surface area contributed by atoms with Crippen LogP contribution in [0.3, 0.4) is 0 Å². The highest BCUT2D eigenvalue weighted by molar-refractivity contribution is 9.10. The van der Waals surface area contributed by atoms with Gasteiger partial charge in [-0.15, -0.1) is 0 Å². The summed E-state index contributed by atoms with van der Waals surface area (Å²) in [6.45, 7) is 2.28.